The summed E-state index contributed by atoms with van der Waals surface area (Å²) in [6, 6.07) is 13.1. The van der Waals surface area contributed by atoms with Crippen LogP contribution in [-0.4, -0.2) is 66.3 Å². The molecule has 2 amide bonds. The van der Waals surface area contributed by atoms with Crippen molar-refractivity contribution in [2.24, 2.45) is 0 Å². The van der Waals surface area contributed by atoms with E-state index in [1.54, 1.807) is 12.1 Å². The Labute approximate surface area is 181 Å². The van der Waals surface area contributed by atoms with Gasteiger partial charge in [0.05, 0.1) is 18.7 Å². The van der Waals surface area contributed by atoms with Gasteiger partial charge in [0.15, 0.2) is 0 Å². The minimum absolute atomic E-state index is 0.107. The predicted octanol–water partition coefficient (Wildman–Crippen LogP) is 2.75. The zero-order valence-corrected chi connectivity index (χ0v) is 17.8. The monoisotopic (exact) mass is 423 g/mol. The highest BCUT2D eigenvalue weighted by atomic mass is 19.1. The lowest BCUT2D eigenvalue weighted by Gasteiger charge is -2.34. The van der Waals surface area contributed by atoms with Crippen LogP contribution in [0.4, 0.5) is 4.39 Å². The molecular formula is C24H26FN3O3. The number of hydrogen-bond donors (Lipinski definition) is 0. The van der Waals surface area contributed by atoms with Gasteiger partial charge in [-0.25, -0.2) is 4.39 Å². The van der Waals surface area contributed by atoms with Crippen LogP contribution in [0.15, 0.2) is 54.2 Å². The summed E-state index contributed by atoms with van der Waals surface area (Å²) in [6.07, 6.45) is 0. The second-order valence-electron chi connectivity index (χ2n) is 7.79. The van der Waals surface area contributed by atoms with Crippen molar-refractivity contribution in [2.45, 2.75) is 13.5 Å². The molecule has 2 heterocycles. The maximum absolute atomic E-state index is 13.4. The van der Waals surface area contributed by atoms with Gasteiger partial charge in [0.1, 0.15) is 17.3 Å². The molecule has 0 radical (unpaired) electrons. The number of carbonyl (C=O) groups excluding carboxylic acids is 2. The molecule has 0 spiro atoms. The van der Waals surface area contributed by atoms with Crippen LogP contribution >= 0.6 is 0 Å². The minimum Gasteiger partial charge on any atom is -0.494 e. The topological polar surface area (TPSA) is 53.1 Å². The molecule has 1 saturated heterocycles. The number of carbonyl (C=O) groups is 2. The number of likely N-dealkylation sites (N-methyl/N-ethyl adjacent to an activating group) is 1. The van der Waals surface area contributed by atoms with Gasteiger partial charge in [0.2, 0.25) is 0 Å². The Hall–Kier alpha value is -3.19. The highest BCUT2D eigenvalue weighted by molar-refractivity contribution is 6.35. The molecule has 0 aliphatic carbocycles. The smallest absolute Gasteiger partial charge is 0.278 e. The minimum atomic E-state index is -0.353. The van der Waals surface area contributed by atoms with E-state index in [0.29, 0.717) is 47.8 Å². The SMILES string of the molecule is CCOc1ccc(C2=C(N3CCN(C)CC3)C(=O)N(Cc3ccc(F)cc3)C2=O)cc1. The third-order valence-electron chi connectivity index (χ3n) is 5.67. The molecule has 6 nitrogen and oxygen atoms in total. The second-order valence-corrected chi connectivity index (χ2v) is 7.79. The standard InChI is InChI=1S/C24H26FN3O3/c1-3-31-20-10-6-18(7-11-20)21-22(27-14-12-26(2)13-15-27)24(30)28(23(21)29)16-17-4-8-19(25)9-5-17/h4-11H,3,12-16H2,1-2H3. The third kappa shape index (κ3) is 4.32. The fourth-order valence-corrected chi connectivity index (χ4v) is 3.95. The maximum atomic E-state index is 13.4. The first-order valence-corrected chi connectivity index (χ1v) is 10.5. The van der Waals surface area contributed by atoms with Crippen molar-refractivity contribution < 1.29 is 18.7 Å². The van der Waals surface area contributed by atoms with Gasteiger partial charge in [-0.2, -0.15) is 0 Å². The number of ether oxygens (including phenoxy) is 1. The number of piperazine rings is 1. The summed E-state index contributed by atoms with van der Waals surface area (Å²) in [6.45, 7) is 5.56. The zero-order chi connectivity index (χ0) is 22.0. The summed E-state index contributed by atoms with van der Waals surface area (Å²) in [4.78, 5) is 32.3. The predicted molar refractivity (Wildman–Crippen MR) is 116 cm³/mol. The average Bonchev–Trinajstić information content (AvgIpc) is 3.01. The Morgan fingerprint density at radius 3 is 2.16 bits per heavy atom. The molecular weight excluding hydrogens is 397 g/mol. The first-order valence-electron chi connectivity index (χ1n) is 10.5. The molecule has 162 valence electrons. The fourth-order valence-electron chi connectivity index (χ4n) is 3.95. The lowest BCUT2D eigenvalue weighted by atomic mass is 10.0. The molecule has 1 fully saturated rings. The lowest BCUT2D eigenvalue weighted by Crippen LogP contribution is -2.46. The zero-order valence-electron chi connectivity index (χ0n) is 17.8. The van der Waals surface area contributed by atoms with Crippen molar-refractivity contribution in [1.29, 1.82) is 0 Å². The lowest BCUT2D eigenvalue weighted by molar-refractivity contribution is -0.138. The molecule has 0 atom stereocenters. The molecule has 31 heavy (non-hydrogen) atoms. The molecule has 0 bridgehead atoms. The molecule has 2 aliphatic heterocycles. The number of halogens is 1. The van der Waals surface area contributed by atoms with Crippen LogP contribution in [0.2, 0.25) is 0 Å². The van der Waals surface area contributed by atoms with E-state index >= 15 is 0 Å². The number of hydrogen-bond acceptors (Lipinski definition) is 5. The molecule has 2 aliphatic rings. The Bertz CT molecular complexity index is 994. The highest BCUT2D eigenvalue weighted by Crippen LogP contribution is 2.33. The van der Waals surface area contributed by atoms with Gasteiger partial charge in [-0.1, -0.05) is 24.3 Å². The fraction of sp³-hybridized carbons (Fsp3) is 0.333. The molecule has 7 heteroatoms. The first kappa shape index (κ1) is 21.1. The Morgan fingerprint density at radius 1 is 0.903 bits per heavy atom. The number of benzene rings is 2. The number of imide groups is 1. The Morgan fingerprint density at radius 2 is 1.55 bits per heavy atom. The summed E-state index contributed by atoms with van der Waals surface area (Å²) in [5.74, 6) is -0.266. The molecule has 4 rings (SSSR count). The van der Waals surface area contributed by atoms with Crippen LogP contribution in [0.3, 0.4) is 0 Å². The van der Waals surface area contributed by atoms with Gasteiger partial charge in [0.25, 0.3) is 11.8 Å². The maximum Gasteiger partial charge on any atom is 0.278 e. The average molecular weight is 423 g/mol. The van der Waals surface area contributed by atoms with Gasteiger partial charge in [-0.15, -0.1) is 0 Å². The van der Waals surface area contributed by atoms with E-state index in [-0.39, 0.29) is 24.2 Å². The first-order chi connectivity index (χ1) is 15.0. The van der Waals surface area contributed by atoms with E-state index < -0.39 is 0 Å². The van der Waals surface area contributed by atoms with E-state index in [1.807, 2.05) is 43.1 Å². The number of nitrogens with zero attached hydrogens (tertiary/aromatic N) is 3. The van der Waals surface area contributed by atoms with Crippen molar-refractivity contribution >= 4 is 17.4 Å². The van der Waals surface area contributed by atoms with Crippen molar-refractivity contribution in [3.05, 3.63) is 71.2 Å². The van der Waals surface area contributed by atoms with E-state index in [4.69, 9.17) is 4.74 Å². The van der Waals surface area contributed by atoms with Crippen molar-refractivity contribution in [2.75, 3.05) is 39.8 Å². The largest absolute Gasteiger partial charge is 0.494 e. The van der Waals surface area contributed by atoms with E-state index in [9.17, 15) is 14.0 Å². The summed E-state index contributed by atoms with van der Waals surface area (Å²) in [5, 5.41) is 0. The van der Waals surface area contributed by atoms with Crippen LogP contribution in [0.1, 0.15) is 18.1 Å². The van der Waals surface area contributed by atoms with Crippen LogP contribution in [0, 0.1) is 5.82 Å². The molecule has 0 unspecified atom stereocenters. The van der Waals surface area contributed by atoms with E-state index in [2.05, 4.69) is 4.90 Å². The van der Waals surface area contributed by atoms with Crippen LogP contribution in [0.25, 0.3) is 5.57 Å². The molecule has 0 saturated carbocycles. The summed E-state index contributed by atoms with van der Waals surface area (Å²) in [7, 11) is 2.04. The molecule has 2 aromatic rings. The van der Waals surface area contributed by atoms with Gasteiger partial charge in [0, 0.05) is 26.2 Å². The quantitative estimate of drug-likeness (QED) is 0.669. The highest BCUT2D eigenvalue weighted by Gasteiger charge is 2.42. The van der Waals surface area contributed by atoms with Crippen LogP contribution in [-0.2, 0) is 16.1 Å². The van der Waals surface area contributed by atoms with E-state index in [0.717, 1.165) is 13.1 Å². The normalized spacial score (nSPS) is 17.6. The van der Waals surface area contributed by atoms with Gasteiger partial charge >= 0.3 is 0 Å². The summed E-state index contributed by atoms with van der Waals surface area (Å²) < 4.78 is 18.8. The summed E-state index contributed by atoms with van der Waals surface area (Å²) in [5.41, 5.74) is 2.26. The Kier molecular flexibility index (Phi) is 6.04. The third-order valence-corrected chi connectivity index (χ3v) is 5.67. The molecule has 2 aromatic carbocycles. The van der Waals surface area contributed by atoms with Gasteiger partial charge < -0.3 is 14.5 Å². The number of rotatable bonds is 6. The van der Waals surface area contributed by atoms with Gasteiger partial charge in [-0.05, 0) is 49.4 Å². The van der Waals surface area contributed by atoms with Crippen molar-refractivity contribution in [3.63, 3.8) is 0 Å². The Balaban J connectivity index is 1.69. The van der Waals surface area contributed by atoms with Crippen LogP contribution < -0.4 is 4.74 Å². The second kappa shape index (κ2) is 8.89. The van der Waals surface area contributed by atoms with Crippen LogP contribution in [0.5, 0.6) is 5.75 Å². The van der Waals surface area contributed by atoms with Gasteiger partial charge in [-0.3, -0.25) is 14.5 Å². The molecule has 0 aromatic heterocycles. The summed E-state index contributed by atoms with van der Waals surface area (Å²) >= 11 is 0. The van der Waals surface area contributed by atoms with E-state index in [1.165, 1.54) is 17.0 Å². The number of amides is 2. The molecule has 0 N–H and O–H groups in total. The van der Waals surface area contributed by atoms with Crippen molar-refractivity contribution in [3.8, 4) is 5.75 Å². The van der Waals surface area contributed by atoms with Crippen molar-refractivity contribution in [1.82, 2.24) is 14.7 Å².